The molecule has 0 heteroatoms. The zero-order valence-corrected chi connectivity index (χ0v) is 11.5. The van der Waals surface area contributed by atoms with E-state index in [4.69, 9.17) is 0 Å². The van der Waals surface area contributed by atoms with Gasteiger partial charge in [-0.1, -0.05) is 66.8 Å². The van der Waals surface area contributed by atoms with E-state index in [0.717, 1.165) is 0 Å². The van der Waals surface area contributed by atoms with Crippen LogP contribution in [0.5, 0.6) is 0 Å². The molecule has 0 saturated carbocycles. The van der Waals surface area contributed by atoms with Gasteiger partial charge in [-0.2, -0.15) is 0 Å². The Morgan fingerprint density at radius 1 is 0.950 bits per heavy atom. The van der Waals surface area contributed by atoms with Crippen LogP contribution in [0.3, 0.4) is 0 Å². The van der Waals surface area contributed by atoms with Crippen molar-refractivity contribution in [3.63, 3.8) is 0 Å². The van der Waals surface area contributed by atoms with E-state index in [0.29, 0.717) is 5.92 Å². The van der Waals surface area contributed by atoms with Gasteiger partial charge in [0, 0.05) is 5.92 Å². The number of benzene rings is 2. The normalized spacial score (nSPS) is 20.9. The highest BCUT2D eigenvalue weighted by Gasteiger charge is 2.24. The molecule has 0 aliphatic heterocycles. The van der Waals surface area contributed by atoms with Crippen molar-refractivity contribution in [1.29, 1.82) is 0 Å². The van der Waals surface area contributed by atoms with Gasteiger partial charge >= 0.3 is 0 Å². The standard InChI is InChI=1S/C20H16/c1-2-14-13-16-8-4-6-10-18(16)20(14)19-12-11-15-7-3-5-9-17(15)19/h2-13,19H,1H3. The Hall–Kier alpha value is -2.34. The van der Waals surface area contributed by atoms with E-state index >= 15 is 0 Å². The van der Waals surface area contributed by atoms with Gasteiger partial charge in [-0.05, 0) is 45.7 Å². The van der Waals surface area contributed by atoms with Crippen molar-refractivity contribution >= 4 is 17.7 Å². The zero-order valence-electron chi connectivity index (χ0n) is 11.5. The van der Waals surface area contributed by atoms with Crippen LogP contribution in [-0.4, -0.2) is 0 Å². The van der Waals surface area contributed by atoms with E-state index in [-0.39, 0.29) is 0 Å². The number of hydrogen-bond donors (Lipinski definition) is 0. The van der Waals surface area contributed by atoms with Gasteiger partial charge in [0.2, 0.25) is 0 Å². The van der Waals surface area contributed by atoms with Crippen LogP contribution in [0, 0.1) is 0 Å². The van der Waals surface area contributed by atoms with Gasteiger partial charge in [-0.25, -0.2) is 0 Å². The van der Waals surface area contributed by atoms with E-state index in [1.54, 1.807) is 0 Å². The predicted octanol–water partition coefficient (Wildman–Crippen LogP) is 3.39. The highest BCUT2D eigenvalue weighted by atomic mass is 14.3. The maximum atomic E-state index is 2.33. The molecule has 4 rings (SSSR count). The third-order valence-corrected chi connectivity index (χ3v) is 4.29. The van der Waals surface area contributed by atoms with Gasteiger partial charge in [-0.15, -0.1) is 0 Å². The zero-order chi connectivity index (χ0) is 13.5. The molecule has 2 aliphatic carbocycles. The Morgan fingerprint density at radius 3 is 2.65 bits per heavy atom. The fraction of sp³-hybridized carbons (Fsp3) is 0.100. The van der Waals surface area contributed by atoms with Gasteiger partial charge in [0.05, 0.1) is 0 Å². The fourth-order valence-corrected chi connectivity index (χ4v) is 3.36. The van der Waals surface area contributed by atoms with E-state index in [2.05, 4.69) is 79.8 Å². The molecule has 0 N–H and O–H groups in total. The Labute approximate surface area is 119 Å². The predicted molar refractivity (Wildman–Crippen MR) is 85.5 cm³/mol. The molecular weight excluding hydrogens is 240 g/mol. The van der Waals surface area contributed by atoms with Crippen molar-refractivity contribution in [2.45, 2.75) is 12.8 Å². The summed E-state index contributed by atoms with van der Waals surface area (Å²) in [5.41, 5.74) is 5.58. The molecule has 0 heterocycles. The Kier molecular flexibility index (Phi) is 2.50. The van der Waals surface area contributed by atoms with Crippen molar-refractivity contribution in [2.75, 3.05) is 0 Å². The van der Waals surface area contributed by atoms with Crippen molar-refractivity contribution in [3.8, 4) is 0 Å². The molecule has 0 bridgehead atoms. The monoisotopic (exact) mass is 256 g/mol. The van der Waals surface area contributed by atoms with Gasteiger partial charge in [0.15, 0.2) is 0 Å². The van der Waals surface area contributed by atoms with E-state index < -0.39 is 0 Å². The summed E-state index contributed by atoms with van der Waals surface area (Å²) in [5, 5.41) is 2.72. The van der Waals surface area contributed by atoms with Crippen molar-refractivity contribution in [1.82, 2.24) is 0 Å². The Morgan fingerprint density at radius 2 is 1.75 bits per heavy atom. The Balaban J connectivity index is 2.01. The minimum Gasteiger partial charge on any atom is -0.0800 e. The molecule has 2 aromatic carbocycles. The second-order valence-corrected chi connectivity index (χ2v) is 5.35. The van der Waals surface area contributed by atoms with E-state index in [9.17, 15) is 0 Å². The summed E-state index contributed by atoms with van der Waals surface area (Å²) in [4.78, 5) is 0. The summed E-state index contributed by atoms with van der Waals surface area (Å²) < 4.78 is 0. The van der Waals surface area contributed by atoms with Crippen LogP contribution in [0.25, 0.3) is 17.7 Å². The smallest absolute Gasteiger partial charge is 0.0290 e. The molecule has 1 atom stereocenters. The summed E-state index contributed by atoms with van der Waals surface area (Å²) in [5.74, 6) is 0.386. The van der Waals surface area contributed by atoms with Gasteiger partial charge in [0.25, 0.3) is 0 Å². The molecule has 0 nitrogen and oxygen atoms in total. The molecular formula is C20H16. The van der Waals surface area contributed by atoms with Crippen molar-refractivity contribution < 1.29 is 0 Å². The minimum absolute atomic E-state index is 0.386. The van der Waals surface area contributed by atoms with Crippen LogP contribution in [0.15, 0.2) is 66.3 Å². The fourth-order valence-electron chi connectivity index (χ4n) is 3.36. The maximum absolute atomic E-state index is 2.33. The quantitative estimate of drug-likeness (QED) is 0.733. The largest absolute Gasteiger partial charge is 0.0800 e. The van der Waals surface area contributed by atoms with Crippen molar-refractivity contribution in [2.24, 2.45) is 0 Å². The lowest BCUT2D eigenvalue weighted by molar-refractivity contribution is 1.13. The molecule has 0 saturated heterocycles. The maximum Gasteiger partial charge on any atom is 0.0290 e. The first-order chi connectivity index (χ1) is 9.88. The van der Waals surface area contributed by atoms with Crippen LogP contribution in [0.4, 0.5) is 0 Å². The SMILES string of the molecule is CC=C1C=c2ccccc2=C1C1C=Cc2ccccc21. The molecule has 0 amide bonds. The second kappa shape index (κ2) is 4.35. The molecule has 0 spiro atoms. The van der Waals surface area contributed by atoms with Crippen LogP contribution < -0.4 is 10.4 Å². The van der Waals surface area contributed by atoms with E-state index in [1.165, 1.54) is 32.7 Å². The lowest BCUT2D eigenvalue weighted by Gasteiger charge is -2.15. The van der Waals surface area contributed by atoms with Crippen LogP contribution in [0.1, 0.15) is 24.0 Å². The number of allylic oxidation sites excluding steroid dienone is 3. The lowest BCUT2D eigenvalue weighted by atomic mass is 9.88. The number of hydrogen-bond acceptors (Lipinski definition) is 0. The third kappa shape index (κ3) is 1.55. The minimum atomic E-state index is 0.386. The number of fused-ring (bicyclic) bond motifs is 2. The first-order valence-electron chi connectivity index (χ1n) is 7.13. The summed E-state index contributed by atoms with van der Waals surface area (Å²) >= 11 is 0. The van der Waals surface area contributed by atoms with E-state index in [1.807, 2.05) is 0 Å². The average molecular weight is 256 g/mol. The first-order valence-corrected chi connectivity index (χ1v) is 7.13. The summed E-state index contributed by atoms with van der Waals surface area (Å²) in [6, 6.07) is 17.4. The Bertz CT molecular complexity index is 863. The molecule has 0 aromatic heterocycles. The molecule has 2 aromatic rings. The molecule has 0 radical (unpaired) electrons. The topological polar surface area (TPSA) is 0 Å². The highest BCUT2D eigenvalue weighted by molar-refractivity contribution is 5.88. The first kappa shape index (κ1) is 11.5. The summed E-state index contributed by atoms with van der Waals surface area (Å²) in [6.07, 6.45) is 9.12. The number of rotatable bonds is 1. The van der Waals surface area contributed by atoms with Crippen LogP contribution in [0.2, 0.25) is 0 Å². The molecule has 1 unspecified atom stereocenters. The molecule has 96 valence electrons. The molecule has 20 heavy (non-hydrogen) atoms. The lowest BCUT2D eigenvalue weighted by Crippen LogP contribution is -2.23. The summed E-state index contributed by atoms with van der Waals surface area (Å²) in [6.45, 7) is 2.13. The summed E-state index contributed by atoms with van der Waals surface area (Å²) in [7, 11) is 0. The average Bonchev–Trinajstić information content (AvgIpc) is 3.07. The third-order valence-electron chi connectivity index (χ3n) is 4.29. The van der Waals surface area contributed by atoms with Gasteiger partial charge in [0.1, 0.15) is 0 Å². The second-order valence-electron chi connectivity index (χ2n) is 5.35. The highest BCUT2D eigenvalue weighted by Crippen LogP contribution is 2.39. The molecule has 2 aliphatic rings. The van der Waals surface area contributed by atoms with Crippen LogP contribution in [-0.2, 0) is 0 Å². The van der Waals surface area contributed by atoms with Crippen molar-refractivity contribution in [3.05, 3.63) is 87.8 Å². The van der Waals surface area contributed by atoms with Crippen LogP contribution >= 0.6 is 0 Å². The van der Waals surface area contributed by atoms with Gasteiger partial charge < -0.3 is 0 Å². The van der Waals surface area contributed by atoms with Gasteiger partial charge in [-0.3, -0.25) is 0 Å². The molecule has 0 fully saturated rings.